The topological polar surface area (TPSA) is 95.9 Å². The second-order valence-electron chi connectivity index (χ2n) is 14.7. The zero-order chi connectivity index (χ0) is 36.6. The Morgan fingerprint density at radius 3 is 1.46 bits per heavy atom. The van der Waals surface area contributed by atoms with Gasteiger partial charge in [0.15, 0.2) is 0 Å². The van der Waals surface area contributed by atoms with Crippen LogP contribution in [0.2, 0.25) is 0 Å². The van der Waals surface area contributed by atoms with Gasteiger partial charge >= 0.3 is 5.97 Å². The second-order valence-corrected chi connectivity index (χ2v) is 14.7. The average Bonchev–Trinajstić information content (AvgIpc) is 3.11. The molecule has 0 spiro atoms. The third-order valence-electron chi connectivity index (χ3n) is 9.72. The molecule has 50 heavy (non-hydrogen) atoms. The number of aliphatic hydroxyl groups excluding tert-OH is 2. The number of hydrogen-bond acceptors (Lipinski definition) is 5. The number of hydrogen-bond donors (Lipinski definition) is 3. The first-order chi connectivity index (χ1) is 24.5. The molecule has 0 saturated heterocycles. The normalized spacial score (nSPS) is 13.0. The van der Waals surface area contributed by atoms with Gasteiger partial charge in [0.2, 0.25) is 5.91 Å². The fourth-order valence-corrected chi connectivity index (χ4v) is 6.33. The fraction of sp³-hybridized carbons (Fsp3) is 0.864. The number of rotatable bonds is 39. The Hall–Kier alpha value is -1.66. The molecule has 6 heteroatoms. The summed E-state index contributed by atoms with van der Waals surface area (Å²) in [5, 5.41) is 23.0. The van der Waals surface area contributed by atoms with Gasteiger partial charge in [-0.3, -0.25) is 9.59 Å². The molecule has 2 unspecified atom stereocenters. The molecule has 0 aliphatic heterocycles. The van der Waals surface area contributed by atoms with E-state index in [1.54, 1.807) is 0 Å². The maximum absolute atomic E-state index is 12.3. The molecule has 0 rings (SSSR count). The summed E-state index contributed by atoms with van der Waals surface area (Å²) in [7, 11) is 0. The van der Waals surface area contributed by atoms with Crippen molar-refractivity contribution in [2.24, 2.45) is 0 Å². The van der Waals surface area contributed by atoms with Crippen molar-refractivity contribution in [1.82, 2.24) is 5.32 Å². The van der Waals surface area contributed by atoms with E-state index in [1.165, 1.54) is 109 Å². The Labute approximate surface area is 310 Å². The lowest BCUT2D eigenvalue weighted by molar-refractivity contribution is -0.143. The standard InChI is InChI=1S/C44H83NO5/c1-3-5-7-9-11-13-14-18-22-26-30-34-38-44(49)50-39-35-31-27-23-19-16-15-17-21-25-29-33-37-43(48)45-41(40-46)42(47)36-32-28-24-20-12-10-8-6-4-2/h11,13,16,19,41-42,46-47H,3-10,12,14-15,17-18,20-40H2,1-2H3,(H,45,48)/b13-11-,19-16-. The SMILES string of the molecule is CCCCC/C=C\CCCCCCCC(=O)OCCCCC/C=C\CCCCCCCC(=O)NC(CO)C(O)CCCCCCCCCCC. The minimum absolute atomic E-state index is 0.0341. The number of carbonyl (C=O) groups excluding carboxylic acids is 2. The summed E-state index contributed by atoms with van der Waals surface area (Å²) in [5.41, 5.74) is 0. The number of allylic oxidation sites excluding steroid dienone is 4. The largest absolute Gasteiger partial charge is 0.466 e. The summed E-state index contributed by atoms with van der Waals surface area (Å²) in [4.78, 5) is 24.3. The predicted octanol–water partition coefficient (Wildman–Crippen LogP) is 12.0. The van der Waals surface area contributed by atoms with Crippen LogP contribution in [0.25, 0.3) is 0 Å². The van der Waals surface area contributed by atoms with Crippen LogP contribution in [0.1, 0.15) is 219 Å². The molecule has 1 amide bonds. The van der Waals surface area contributed by atoms with Crippen molar-refractivity contribution in [1.29, 1.82) is 0 Å². The summed E-state index contributed by atoms with van der Waals surface area (Å²) in [6, 6.07) is -0.557. The highest BCUT2D eigenvalue weighted by molar-refractivity contribution is 5.76. The highest BCUT2D eigenvalue weighted by atomic mass is 16.5. The highest BCUT2D eigenvalue weighted by Crippen LogP contribution is 2.14. The molecule has 0 radical (unpaired) electrons. The van der Waals surface area contributed by atoms with Gasteiger partial charge in [0.25, 0.3) is 0 Å². The monoisotopic (exact) mass is 706 g/mol. The summed E-state index contributed by atoms with van der Waals surface area (Å²) < 4.78 is 5.41. The maximum atomic E-state index is 12.3. The third-order valence-corrected chi connectivity index (χ3v) is 9.72. The molecule has 0 fully saturated rings. The molecule has 0 saturated carbocycles. The molecule has 3 N–H and O–H groups in total. The van der Waals surface area contributed by atoms with Crippen molar-refractivity contribution in [2.75, 3.05) is 13.2 Å². The molecule has 0 bridgehead atoms. The zero-order valence-corrected chi connectivity index (χ0v) is 33.1. The summed E-state index contributed by atoms with van der Waals surface area (Å²) in [6.07, 6.45) is 44.2. The minimum Gasteiger partial charge on any atom is -0.466 e. The van der Waals surface area contributed by atoms with Crippen LogP contribution in [0.3, 0.4) is 0 Å². The first kappa shape index (κ1) is 48.3. The Bertz CT molecular complexity index is 782. The molecular weight excluding hydrogens is 622 g/mol. The second kappa shape index (κ2) is 40.1. The van der Waals surface area contributed by atoms with Crippen molar-refractivity contribution in [2.45, 2.75) is 231 Å². The van der Waals surface area contributed by atoms with Crippen molar-refractivity contribution >= 4 is 11.9 Å². The Kier molecular flexibility index (Phi) is 38.8. The molecule has 6 nitrogen and oxygen atoms in total. The Morgan fingerprint density at radius 2 is 0.940 bits per heavy atom. The highest BCUT2D eigenvalue weighted by Gasteiger charge is 2.20. The van der Waals surface area contributed by atoms with E-state index < -0.39 is 12.1 Å². The van der Waals surface area contributed by atoms with Crippen LogP contribution in [0.5, 0.6) is 0 Å². The van der Waals surface area contributed by atoms with Gasteiger partial charge in [0.05, 0.1) is 25.4 Å². The molecule has 0 heterocycles. The number of amides is 1. The van der Waals surface area contributed by atoms with Crippen LogP contribution >= 0.6 is 0 Å². The molecule has 0 aliphatic carbocycles. The Balaban J connectivity index is 3.52. The first-order valence-corrected chi connectivity index (χ1v) is 21.6. The van der Waals surface area contributed by atoms with E-state index in [2.05, 4.69) is 43.5 Å². The molecular formula is C44H83NO5. The van der Waals surface area contributed by atoms with Gasteiger partial charge in [-0.2, -0.15) is 0 Å². The van der Waals surface area contributed by atoms with E-state index in [9.17, 15) is 19.8 Å². The van der Waals surface area contributed by atoms with E-state index in [0.29, 0.717) is 25.9 Å². The van der Waals surface area contributed by atoms with Crippen LogP contribution in [0, 0.1) is 0 Å². The Morgan fingerprint density at radius 1 is 0.540 bits per heavy atom. The van der Waals surface area contributed by atoms with Gasteiger partial charge in [-0.15, -0.1) is 0 Å². The van der Waals surface area contributed by atoms with E-state index in [0.717, 1.165) is 77.0 Å². The van der Waals surface area contributed by atoms with E-state index in [1.807, 2.05) is 0 Å². The average molecular weight is 706 g/mol. The number of ether oxygens (including phenoxy) is 1. The number of unbranched alkanes of at least 4 members (excludes halogenated alkanes) is 24. The predicted molar refractivity (Wildman–Crippen MR) is 213 cm³/mol. The smallest absolute Gasteiger partial charge is 0.305 e. The third kappa shape index (κ3) is 36.1. The lowest BCUT2D eigenvalue weighted by Crippen LogP contribution is -2.45. The van der Waals surface area contributed by atoms with Crippen LogP contribution in [-0.2, 0) is 14.3 Å². The molecule has 294 valence electrons. The van der Waals surface area contributed by atoms with Crippen molar-refractivity contribution in [3.63, 3.8) is 0 Å². The lowest BCUT2D eigenvalue weighted by Gasteiger charge is -2.22. The molecule has 0 aromatic rings. The van der Waals surface area contributed by atoms with Gasteiger partial charge < -0.3 is 20.3 Å². The lowest BCUT2D eigenvalue weighted by atomic mass is 10.0. The van der Waals surface area contributed by atoms with E-state index in [4.69, 9.17) is 4.74 Å². The van der Waals surface area contributed by atoms with Crippen LogP contribution in [-0.4, -0.2) is 47.4 Å². The van der Waals surface area contributed by atoms with Gasteiger partial charge in [-0.1, -0.05) is 147 Å². The van der Waals surface area contributed by atoms with E-state index >= 15 is 0 Å². The molecule has 0 aromatic carbocycles. The van der Waals surface area contributed by atoms with Crippen molar-refractivity contribution < 1.29 is 24.5 Å². The number of aliphatic hydroxyl groups is 2. The quantitative estimate of drug-likeness (QED) is 0.0336. The number of nitrogens with one attached hydrogen (secondary N) is 1. The molecule has 0 aromatic heterocycles. The number of esters is 1. The maximum Gasteiger partial charge on any atom is 0.305 e. The van der Waals surface area contributed by atoms with Crippen molar-refractivity contribution in [3.05, 3.63) is 24.3 Å². The van der Waals surface area contributed by atoms with Gasteiger partial charge in [0.1, 0.15) is 0 Å². The van der Waals surface area contributed by atoms with Crippen LogP contribution in [0.4, 0.5) is 0 Å². The van der Waals surface area contributed by atoms with Crippen LogP contribution in [0.15, 0.2) is 24.3 Å². The summed E-state index contributed by atoms with van der Waals surface area (Å²) in [6.45, 7) is 4.82. The zero-order valence-electron chi connectivity index (χ0n) is 33.1. The van der Waals surface area contributed by atoms with Crippen molar-refractivity contribution in [3.8, 4) is 0 Å². The van der Waals surface area contributed by atoms with Gasteiger partial charge in [-0.25, -0.2) is 0 Å². The van der Waals surface area contributed by atoms with Gasteiger partial charge in [0, 0.05) is 12.8 Å². The molecule has 0 aliphatic rings. The van der Waals surface area contributed by atoms with Crippen LogP contribution < -0.4 is 5.32 Å². The first-order valence-electron chi connectivity index (χ1n) is 21.6. The summed E-state index contributed by atoms with van der Waals surface area (Å²) >= 11 is 0. The minimum atomic E-state index is -0.677. The van der Waals surface area contributed by atoms with E-state index in [-0.39, 0.29) is 18.5 Å². The molecule has 2 atom stereocenters. The fourth-order valence-electron chi connectivity index (χ4n) is 6.33. The number of carbonyl (C=O) groups is 2. The summed E-state index contributed by atoms with van der Waals surface area (Å²) in [5.74, 6) is -0.0995. The van der Waals surface area contributed by atoms with Gasteiger partial charge in [-0.05, 0) is 83.5 Å².